The fraction of sp³-hybridized carbons (Fsp3) is 0.600. The molecule has 4 bridgehead atoms. The maximum Gasteiger partial charge on any atom is 0.318 e. The van der Waals surface area contributed by atoms with Crippen LogP contribution in [0, 0.1) is 17.3 Å². The monoisotopic (exact) mass is 419 g/mol. The third-order valence-electron chi connectivity index (χ3n) is 6.28. The third kappa shape index (κ3) is 3.61. The van der Waals surface area contributed by atoms with Gasteiger partial charge in [0.2, 0.25) is 5.91 Å². The van der Waals surface area contributed by atoms with Crippen molar-refractivity contribution < 1.29 is 9.59 Å². The van der Waals surface area contributed by atoms with Gasteiger partial charge in [0, 0.05) is 29.2 Å². The van der Waals surface area contributed by atoms with Crippen LogP contribution in [0.4, 0.5) is 16.2 Å². The standard InChI is InChI=1S/C20H26BrN3O2/c1-22-18(26)24-16-4-2-3-15(6-16)23-17(25)11-19-7-13-5-14(8-19)10-20(21,9-13)12-19/h2-4,6,13-14H,5,7-12H2,1H3,(H,23,25)(H2,22,24,26). The molecule has 0 spiro atoms. The highest BCUT2D eigenvalue weighted by Gasteiger charge is 2.57. The van der Waals surface area contributed by atoms with Crippen molar-refractivity contribution in [2.24, 2.45) is 17.3 Å². The van der Waals surface area contributed by atoms with E-state index in [9.17, 15) is 9.59 Å². The van der Waals surface area contributed by atoms with E-state index < -0.39 is 0 Å². The summed E-state index contributed by atoms with van der Waals surface area (Å²) in [6.07, 6.45) is 8.02. The van der Waals surface area contributed by atoms with E-state index in [-0.39, 0.29) is 21.7 Å². The number of urea groups is 1. The van der Waals surface area contributed by atoms with Crippen molar-refractivity contribution in [3.05, 3.63) is 24.3 Å². The quantitative estimate of drug-likeness (QED) is 0.628. The molecule has 6 heteroatoms. The molecule has 4 aliphatic rings. The smallest absolute Gasteiger partial charge is 0.318 e. The minimum atomic E-state index is -0.273. The molecule has 3 amide bonds. The van der Waals surface area contributed by atoms with Crippen LogP contribution in [0.25, 0.3) is 0 Å². The molecule has 1 aromatic rings. The molecule has 4 fully saturated rings. The number of nitrogens with one attached hydrogen (secondary N) is 3. The van der Waals surface area contributed by atoms with Gasteiger partial charge in [-0.1, -0.05) is 22.0 Å². The van der Waals surface area contributed by atoms with Crippen molar-refractivity contribution in [2.75, 3.05) is 17.7 Å². The van der Waals surface area contributed by atoms with Crippen LogP contribution in [0.2, 0.25) is 0 Å². The van der Waals surface area contributed by atoms with Crippen LogP contribution in [0.5, 0.6) is 0 Å². The molecule has 2 unspecified atom stereocenters. The van der Waals surface area contributed by atoms with Crippen molar-refractivity contribution in [2.45, 2.75) is 49.3 Å². The Labute approximate surface area is 162 Å². The number of hydrogen-bond acceptors (Lipinski definition) is 2. The van der Waals surface area contributed by atoms with E-state index >= 15 is 0 Å². The SMILES string of the molecule is CNC(=O)Nc1cccc(NC(=O)CC23CC4CC(CC(Br)(C4)C2)C3)c1. The number of carbonyl (C=O) groups excluding carboxylic acids is 2. The second kappa shape index (κ2) is 6.55. The number of rotatable bonds is 4. The van der Waals surface area contributed by atoms with Crippen LogP contribution in [-0.2, 0) is 4.79 Å². The van der Waals surface area contributed by atoms with E-state index in [1.165, 1.54) is 32.1 Å². The summed E-state index contributed by atoms with van der Waals surface area (Å²) < 4.78 is 0.273. The topological polar surface area (TPSA) is 70.2 Å². The van der Waals surface area contributed by atoms with Gasteiger partial charge in [-0.2, -0.15) is 0 Å². The van der Waals surface area contributed by atoms with Crippen molar-refractivity contribution in [3.63, 3.8) is 0 Å². The molecule has 4 aliphatic carbocycles. The van der Waals surface area contributed by atoms with Gasteiger partial charge in [-0.05, 0) is 74.0 Å². The van der Waals surface area contributed by atoms with Crippen LogP contribution < -0.4 is 16.0 Å². The molecule has 4 saturated carbocycles. The number of hydrogen-bond donors (Lipinski definition) is 3. The minimum Gasteiger partial charge on any atom is -0.341 e. The van der Waals surface area contributed by atoms with Crippen LogP contribution >= 0.6 is 15.9 Å². The van der Waals surface area contributed by atoms with Crippen molar-refractivity contribution in [3.8, 4) is 0 Å². The Morgan fingerprint density at radius 3 is 2.38 bits per heavy atom. The Hall–Kier alpha value is -1.56. The van der Waals surface area contributed by atoms with Crippen molar-refractivity contribution in [1.82, 2.24) is 5.32 Å². The molecular formula is C20H26BrN3O2. The number of alkyl halides is 1. The largest absolute Gasteiger partial charge is 0.341 e. The first kappa shape index (κ1) is 17.8. The van der Waals surface area contributed by atoms with Gasteiger partial charge in [0.15, 0.2) is 0 Å². The number of halogens is 1. The third-order valence-corrected chi connectivity index (χ3v) is 7.21. The molecule has 1 aromatic carbocycles. The van der Waals surface area contributed by atoms with Gasteiger partial charge in [0.1, 0.15) is 0 Å². The maximum absolute atomic E-state index is 12.8. The molecule has 0 heterocycles. The zero-order valence-electron chi connectivity index (χ0n) is 15.1. The Kier molecular flexibility index (Phi) is 4.49. The van der Waals surface area contributed by atoms with Gasteiger partial charge in [0.25, 0.3) is 0 Å². The van der Waals surface area contributed by atoms with Gasteiger partial charge in [-0.25, -0.2) is 4.79 Å². The Morgan fingerprint density at radius 1 is 1.12 bits per heavy atom. The van der Waals surface area contributed by atoms with Crippen LogP contribution in [0.3, 0.4) is 0 Å². The molecule has 140 valence electrons. The van der Waals surface area contributed by atoms with Gasteiger partial charge in [0.05, 0.1) is 0 Å². The first-order valence-electron chi connectivity index (χ1n) is 9.45. The van der Waals surface area contributed by atoms with E-state index in [4.69, 9.17) is 0 Å². The second-order valence-corrected chi connectivity index (χ2v) is 10.3. The molecular weight excluding hydrogens is 394 g/mol. The first-order chi connectivity index (χ1) is 12.4. The van der Waals surface area contributed by atoms with Gasteiger partial charge in [-0.15, -0.1) is 0 Å². The van der Waals surface area contributed by atoms with Gasteiger partial charge in [-0.3, -0.25) is 4.79 Å². The van der Waals surface area contributed by atoms with Crippen molar-refractivity contribution in [1.29, 1.82) is 0 Å². The normalized spacial score (nSPS) is 34.4. The highest BCUT2D eigenvalue weighted by Crippen LogP contribution is 2.65. The summed E-state index contributed by atoms with van der Waals surface area (Å²) in [5.41, 5.74) is 1.55. The minimum absolute atomic E-state index is 0.0835. The maximum atomic E-state index is 12.8. The summed E-state index contributed by atoms with van der Waals surface area (Å²) in [5.74, 6) is 1.65. The molecule has 26 heavy (non-hydrogen) atoms. The Balaban J connectivity index is 1.42. The van der Waals surface area contributed by atoms with E-state index in [0.29, 0.717) is 12.1 Å². The summed E-state index contributed by atoms with van der Waals surface area (Å²) >= 11 is 4.01. The summed E-state index contributed by atoms with van der Waals surface area (Å²) in [4.78, 5) is 24.2. The molecule has 0 saturated heterocycles. The molecule has 0 aromatic heterocycles. The average Bonchev–Trinajstić information content (AvgIpc) is 2.51. The van der Waals surface area contributed by atoms with Crippen LogP contribution in [0.1, 0.15) is 44.9 Å². The zero-order chi connectivity index (χ0) is 18.4. The molecule has 2 atom stereocenters. The number of amides is 3. The first-order valence-corrected chi connectivity index (χ1v) is 10.2. The molecule has 0 radical (unpaired) electrons. The zero-order valence-corrected chi connectivity index (χ0v) is 16.7. The number of carbonyl (C=O) groups is 2. The molecule has 5 nitrogen and oxygen atoms in total. The van der Waals surface area contributed by atoms with Crippen LogP contribution in [-0.4, -0.2) is 23.3 Å². The second-order valence-electron chi connectivity index (χ2n) is 8.62. The number of benzene rings is 1. The van der Waals surface area contributed by atoms with E-state index in [1.807, 2.05) is 12.1 Å². The van der Waals surface area contributed by atoms with E-state index in [0.717, 1.165) is 23.9 Å². The predicted octanol–water partition coefficient (Wildman–Crippen LogP) is 4.50. The lowest BCUT2D eigenvalue weighted by Crippen LogP contribution is -2.53. The lowest BCUT2D eigenvalue weighted by atomic mass is 9.48. The number of anilines is 2. The van der Waals surface area contributed by atoms with E-state index in [2.05, 4.69) is 31.9 Å². The lowest BCUT2D eigenvalue weighted by molar-refractivity contribution is -0.123. The highest BCUT2D eigenvalue weighted by atomic mass is 79.9. The summed E-state index contributed by atoms with van der Waals surface area (Å²) in [7, 11) is 1.57. The van der Waals surface area contributed by atoms with E-state index in [1.54, 1.807) is 19.2 Å². The molecule has 3 N–H and O–H groups in total. The van der Waals surface area contributed by atoms with Crippen LogP contribution in [0.15, 0.2) is 24.3 Å². The predicted molar refractivity (Wildman–Crippen MR) is 107 cm³/mol. The Morgan fingerprint density at radius 2 is 1.77 bits per heavy atom. The Bertz CT molecular complexity index is 722. The molecule has 0 aliphatic heterocycles. The van der Waals surface area contributed by atoms with Gasteiger partial charge < -0.3 is 16.0 Å². The fourth-order valence-corrected chi connectivity index (χ4v) is 7.47. The lowest BCUT2D eigenvalue weighted by Gasteiger charge is -2.60. The fourth-order valence-electron chi connectivity index (χ4n) is 5.96. The summed E-state index contributed by atoms with van der Waals surface area (Å²) in [6.45, 7) is 0. The highest BCUT2D eigenvalue weighted by molar-refractivity contribution is 9.10. The van der Waals surface area contributed by atoms with Crippen molar-refractivity contribution >= 4 is 39.2 Å². The average molecular weight is 420 g/mol. The summed E-state index contributed by atoms with van der Waals surface area (Å²) in [5, 5.41) is 8.29. The molecule has 5 rings (SSSR count). The van der Waals surface area contributed by atoms with Gasteiger partial charge >= 0.3 is 6.03 Å². The summed E-state index contributed by atoms with van der Waals surface area (Å²) in [6, 6.07) is 7.01.